The Morgan fingerprint density at radius 2 is 1.91 bits per heavy atom. The van der Waals surface area contributed by atoms with Gasteiger partial charge >= 0.3 is 0 Å². The van der Waals surface area contributed by atoms with Crippen LogP contribution in [0.4, 0.5) is 0 Å². The SMILES string of the molecule is CCOCCCNC(=O)c1cccc(-c2cccc3cc(C(=O)N[C@@H]4CN5CCC4CC5)oc23)c1. The van der Waals surface area contributed by atoms with E-state index in [1.165, 1.54) is 0 Å². The maximum absolute atomic E-state index is 13.0. The van der Waals surface area contributed by atoms with Crippen molar-refractivity contribution in [1.29, 1.82) is 0 Å². The Hall–Kier alpha value is -3.16. The average molecular weight is 476 g/mol. The fourth-order valence-corrected chi connectivity index (χ4v) is 5.22. The van der Waals surface area contributed by atoms with Crippen LogP contribution in [0.2, 0.25) is 0 Å². The van der Waals surface area contributed by atoms with Crippen molar-refractivity contribution in [1.82, 2.24) is 15.5 Å². The molecular weight excluding hydrogens is 442 g/mol. The normalized spacial score (nSPS) is 21.2. The predicted molar refractivity (Wildman–Crippen MR) is 136 cm³/mol. The van der Waals surface area contributed by atoms with Gasteiger partial charge in [0.25, 0.3) is 11.8 Å². The molecule has 2 bridgehead atoms. The predicted octanol–water partition coefficient (Wildman–Crippen LogP) is 4.08. The Morgan fingerprint density at radius 1 is 1.09 bits per heavy atom. The highest BCUT2D eigenvalue weighted by Gasteiger charge is 2.35. The molecule has 1 aromatic heterocycles. The van der Waals surface area contributed by atoms with E-state index in [4.69, 9.17) is 9.15 Å². The highest BCUT2D eigenvalue weighted by molar-refractivity contribution is 6.01. The molecule has 0 saturated carbocycles. The molecule has 0 spiro atoms. The molecule has 184 valence electrons. The molecule has 4 heterocycles. The molecule has 3 aromatic rings. The molecule has 1 atom stereocenters. The largest absolute Gasteiger partial charge is 0.450 e. The van der Waals surface area contributed by atoms with E-state index in [1.54, 1.807) is 6.07 Å². The summed E-state index contributed by atoms with van der Waals surface area (Å²) in [5.41, 5.74) is 2.97. The van der Waals surface area contributed by atoms with Crippen LogP contribution in [-0.2, 0) is 4.74 Å². The summed E-state index contributed by atoms with van der Waals surface area (Å²) in [6.45, 7) is 7.02. The number of furan rings is 1. The first kappa shape index (κ1) is 23.6. The molecule has 0 radical (unpaired) electrons. The molecule has 7 heteroatoms. The first-order valence-corrected chi connectivity index (χ1v) is 12.6. The minimum Gasteiger partial charge on any atom is -0.450 e. The van der Waals surface area contributed by atoms with E-state index in [1.807, 2.05) is 49.4 Å². The maximum Gasteiger partial charge on any atom is 0.287 e. The number of amides is 2. The molecule has 2 amide bonds. The summed E-state index contributed by atoms with van der Waals surface area (Å²) in [7, 11) is 0. The van der Waals surface area contributed by atoms with Gasteiger partial charge < -0.3 is 24.7 Å². The van der Waals surface area contributed by atoms with Crippen molar-refractivity contribution < 1.29 is 18.7 Å². The number of carbonyl (C=O) groups is 2. The van der Waals surface area contributed by atoms with Crippen molar-refractivity contribution in [3.05, 3.63) is 59.9 Å². The molecule has 35 heavy (non-hydrogen) atoms. The standard InChI is InChI=1S/C28H33N3O4/c1-2-34-15-5-12-29-27(32)22-8-3-6-20(16-22)23-9-4-7-21-17-25(35-26(21)23)28(33)30-24-18-31-13-10-19(24)11-14-31/h3-4,6-9,16-17,19,24H,2,5,10-15,18H2,1H3,(H,29,32)(H,30,33)/t24-/m1/s1. The summed E-state index contributed by atoms with van der Waals surface area (Å²) in [5, 5.41) is 7.02. The van der Waals surface area contributed by atoms with Gasteiger partial charge in [-0.15, -0.1) is 0 Å². The Bertz CT molecular complexity index is 1200. The van der Waals surface area contributed by atoms with Gasteiger partial charge in [0.1, 0.15) is 5.58 Å². The summed E-state index contributed by atoms with van der Waals surface area (Å²) in [4.78, 5) is 28.1. The molecule has 2 N–H and O–H groups in total. The van der Waals surface area contributed by atoms with Gasteiger partial charge in [0.15, 0.2) is 5.76 Å². The summed E-state index contributed by atoms with van der Waals surface area (Å²) >= 11 is 0. The Kier molecular flexibility index (Phi) is 7.16. The van der Waals surface area contributed by atoms with Gasteiger partial charge in [0, 0.05) is 48.9 Å². The van der Waals surface area contributed by atoms with Crippen LogP contribution in [0.1, 0.15) is 47.1 Å². The second kappa shape index (κ2) is 10.6. The van der Waals surface area contributed by atoms with Gasteiger partial charge in [-0.05, 0) is 69.0 Å². The van der Waals surface area contributed by atoms with Gasteiger partial charge in [0.2, 0.25) is 0 Å². The zero-order chi connectivity index (χ0) is 24.2. The number of piperidine rings is 3. The van der Waals surface area contributed by atoms with E-state index in [-0.39, 0.29) is 17.9 Å². The van der Waals surface area contributed by atoms with Crippen LogP contribution in [0, 0.1) is 5.92 Å². The molecule has 3 aliphatic heterocycles. The number of hydrogen-bond donors (Lipinski definition) is 2. The van der Waals surface area contributed by atoms with Crippen molar-refractivity contribution in [3.8, 4) is 11.1 Å². The third-order valence-corrected chi connectivity index (χ3v) is 7.13. The molecule has 7 nitrogen and oxygen atoms in total. The lowest BCUT2D eigenvalue weighted by molar-refractivity contribution is 0.0607. The van der Waals surface area contributed by atoms with Gasteiger partial charge in [-0.25, -0.2) is 0 Å². The number of rotatable bonds is 9. The van der Waals surface area contributed by atoms with E-state index >= 15 is 0 Å². The monoisotopic (exact) mass is 475 g/mol. The number of para-hydroxylation sites is 1. The molecule has 3 aliphatic rings. The van der Waals surface area contributed by atoms with Crippen molar-refractivity contribution in [2.24, 2.45) is 5.92 Å². The van der Waals surface area contributed by atoms with Crippen LogP contribution in [0.5, 0.6) is 0 Å². The topological polar surface area (TPSA) is 83.8 Å². The molecule has 0 aliphatic carbocycles. The second-order valence-electron chi connectivity index (χ2n) is 9.44. The van der Waals surface area contributed by atoms with Crippen molar-refractivity contribution in [2.45, 2.75) is 32.2 Å². The van der Waals surface area contributed by atoms with E-state index in [2.05, 4.69) is 15.5 Å². The van der Waals surface area contributed by atoms with Gasteiger partial charge in [-0.1, -0.05) is 30.3 Å². The van der Waals surface area contributed by atoms with Crippen LogP contribution in [0.25, 0.3) is 22.1 Å². The minimum absolute atomic E-state index is 0.118. The number of nitrogens with one attached hydrogen (secondary N) is 2. The van der Waals surface area contributed by atoms with Crippen molar-refractivity contribution in [2.75, 3.05) is 39.4 Å². The molecule has 6 rings (SSSR count). The van der Waals surface area contributed by atoms with E-state index in [9.17, 15) is 9.59 Å². The highest BCUT2D eigenvalue weighted by Crippen LogP contribution is 2.32. The maximum atomic E-state index is 13.0. The minimum atomic E-state index is -0.161. The van der Waals surface area contributed by atoms with Crippen LogP contribution in [0.15, 0.2) is 52.9 Å². The van der Waals surface area contributed by atoms with E-state index in [0.29, 0.717) is 42.6 Å². The van der Waals surface area contributed by atoms with Crippen LogP contribution < -0.4 is 10.6 Å². The van der Waals surface area contributed by atoms with Crippen LogP contribution >= 0.6 is 0 Å². The second-order valence-corrected chi connectivity index (χ2v) is 9.44. The highest BCUT2D eigenvalue weighted by atomic mass is 16.5. The smallest absolute Gasteiger partial charge is 0.287 e. The molecule has 3 fully saturated rings. The number of carbonyl (C=O) groups excluding carboxylic acids is 2. The van der Waals surface area contributed by atoms with Crippen molar-refractivity contribution in [3.63, 3.8) is 0 Å². The summed E-state index contributed by atoms with van der Waals surface area (Å²) in [5.74, 6) is 0.600. The third kappa shape index (κ3) is 5.26. The van der Waals surface area contributed by atoms with Crippen LogP contribution in [0.3, 0.4) is 0 Å². The first-order valence-electron chi connectivity index (χ1n) is 12.6. The molecule has 3 saturated heterocycles. The lowest BCUT2D eigenvalue weighted by Crippen LogP contribution is -2.57. The van der Waals surface area contributed by atoms with Crippen molar-refractivity contribution >= 4 is 22.8 Å². The van der Waals surface area contributed by atoms with Gasteiger partial charge in [0.05, 0.1) is 0 Å². The zero-order valence-electron chi connectivity index (χ0n) is 20.2. The molecule has 0 unspecified atom stereocenters. The summed E-state index contributed by atoms with van der Waals surface area (Å²) in [6.07, 6.45) is 3.06. The fourth-order valence-electron chi connectivity index (χ4n) is 5.22. The molecular formula is C28H33N3O4. The Labute approximate surface area is 205 Å². The lowest BCUT2D eigenvalue weighted by atomic mass is 9.84. The first-order chi connectivity index (χ1) is 17.1. The number of nitrogens with zero attached hydrogens (tertiary/aromatic N) is 1. The Morgan fingerprint density at radius 3 is 2.69 bits per heavy atom. The molecule has 2 aromatic carbocycles. The fraction of sp³-hybridized carbons (Fsp3) is 0.429. The summed E-state index contributed by atoms with van der Waals surface area (Å²) in [6, 6.07) is 15.3. The summed E-state index contributed by atoms with van der Waals surface area (Å²) < 4.78 is 11.4. The third-order valence-electron chi connectivity index (χ3n) is 7.13. The average Bonchev–Trinajstić information content (AvgIpc) is 3.34. The lowest BCUT2D eigenvalue weighted by Gasteiger charge is -2.44. The number of hydrogen-bond acceptors (Lipinski definition) is 5. The van der Waals surface area contributed by atoms with Gasteiger partial charge in [-0.3, -0.25) is 9.59 Å². The Balaban J connectivity index is 1.32. The van der Waals surface area contributed by atoms with E-state index in [0.717, 1.165) is 55.4 Å². The number of ether oxygens (including phenoxy) is 1. The van der Waals surface area contributed by atoms with Crippen LogP contribution in [-0.4, -0.2) is 62.1 Å². The number of benzene rings is 2. The zero-order valence-corrected chi connectivity index (χ0v) is 20.2. The van der Waals surface area contributed by atoms with E-state index < -0.39 is 0 Å². The number of fused-ring (bicyclic) bond motifs is 4. The quantitative estimate of drug-likeness (QED) is 0.456. The van der Waals surface area contributed by atoms with Gasteiger partial charge in [-0.2, -0.15) is 0 Å².